The average molecular weight is 334 g/mol. The molecule has 0 saturated heterocycles. The molecule has 3 N–H and O–H groups in total. The molecule has 0 radical (unpaired) electrons. The summed E-state index contributed by atoms with van der Waals surface area (Å²) in [6, 6.07) is 16.1. The van der Waals surface area contributed by atoms with Gasteiger partial charge in [-0.25, -0.2) is 0 Å². The lowest BCUT2D eigenvalue weighted by Gasteiger charge is -2.31. The third kappa shape index (κ3) is 3.05. The van der Waals surface area contributed by atoms with Crippen molar-refractivity contribution in [3.05, 3.63) is 65.2 Å². The van der Waals surface area contributed by atoms with E-state index in [1.165, 1.54) is 11.1 Å². The number of fused-ring (bicyclic) bond motifs is 1. The number of benzene rings is 2. The second kappa shape index (κ2) is 6.42. The number of hydrogen-bond donors (Lipinski definition) is 2. The number of aryl methyl sites for hydroxylation is 1. The summed E-state index contributed by atoms with van der Waals surface area (Å²) in [6.07, 6.45) is 3.19. The molecule has 0 heterocycles. The van der Waals surface area contributed by atoms with Gasteiger partial charge in [0, 0.05) is 6.04 Å². The Bertz CT molecular complexity index is 570. The first-order chi connectivity index (χ1) is 9.24. The molecule has 2 aromatic carbocycles. The molecule has 106 valence electrons. The van der Waals surface area contributed by atoms with Gasteiger partial charge < -0.3 is 10.8 Å². The van der Waals surface area contributed by atoms with Gasteiger partial charge in [0.1, 0.15) is 5.75 Å². The maximum atomic E-state index is 9.63. The Hall–Kier alpha value is -1.32. The van der Waals surface area contributed by atoms with E-state index in [2.05, 4.69) is 24.3 Å². The van der Waals surface area contributed by atoms with Crippen LogP contribution in [0, 0.1) is 5.92 Å². The molecule has 0 aliphatic heterocycles. The van der Waals surface area contributed by atoms with Crippen LogP contribution in [-0.4, -0.2) is 5.11 Å². The van der Waals surface area contributed by atoms with Gasteiger partial charge in [-0.1, -0.05) is 36.4 Å². The van der Waals surface area contributed by atoms with Crippen LogP contribution in [0.25, 0.3) is 0 Å². The van der Waals surface area contributed by atoms with E-state index in [1.54, 1.807) is 6.07 Å². The molecule has 20 heavy (non-hydrogen) atoms. The zero-order chi connectivity index (χ0) is 13.2. The van der Waals surface area contributed by atoms with E-state index >= 15 is 0 Å². The first-order valence-corrected chi connectivity index (χ1v) is 6.85. The smallest absolute Gasteiger partial charge is 0.115 e. The van der Waals surface area contributed by atoms with Gasteiger partial charge in [0.15, 0.2) is 0 Å². The Labute approximate surface area is 130 Å². The van der Waals surface area contributed by atoms with E-state index in [4.69, 9.17) is 5.73 Å². The van der Waals surface area contributed by atoms with Crippen LogP contribution in [0.4, 0.5) is 0 Å². The number of nitrogens with two attached hydrogens (primary N) is 1. The number of phenols is 1. The highest BCUT2D eigenvalue weighted by atomic mass is 79.9. The van der Waals surface area contributed by atoms with E-state index in [0.29, 0.717) is 11.7 Å². The van der Waals surface area contributed by atoms with Gasteiger partial charge in [0.2, 0.25) is 0 Å². The third-order valence-corrected chi connectivity index (χ3v) is 4.12. The molecule has 3 rings (SSSR count). The first-order valence-electron chi connectivity index (χ1n) is 6.85. The van der Waals surface area contributed by atoms with E-state index in [0.717, 1.165) is 24.8 Å². The molecule has 0 bridgehead atoms. The van der Waals surface area contributed by atoms with Crippen molar-refractivity contribution in [3.63, 3.8) is 0 Å². The van der Waals surface area contributed by atoms with Crippen molar-refractivity contribution in [2.75, 3.05) is 0 Å². The molecule has 2 atom stereocenters. The molecule has 1 unspecified atom stereocenters. The van der Waals surface area contributed by atoms with Crippen molar-refractivity contribution in [1.82, 2.24) is 0 Å². The van der Waals surface area contributed by atoms with Crippen molar-refractivity contribution in [2.45, 2.75) is 25.3 Å². The fourth-order valence-electron chi connectivity index (χ4n) is 3.04. The van der Waals surface area contributed by atoms with Crippen LogP contribution in [0.15, 0.2) is 48.5 Å². The molecule has 1 aliphatic carbocycles. The molecule has 0 aromatic heterocycles. The van der Waals surface area contributed by atoms with Gasteiger partial charge in [-0.2, -0.15) is 0 Å². The molecular weight excluding hydrogens is 314 g/mol. The summed E-state index contributed by atoms with van der Waals surface area (Å²) in [5.74, 6) is 0.770. The summed E-state index contributed by atoms with van der Waals surface area (Å²) >= 11 is 0. The van der Waals surface area contributed by atoms with Crippen molar-refractivity contribution >= 4 is 17.0 Å². The number of rotatable bonds is 2. The second-order valence-corrected chi connectivity index (χ2v) is 5.40. The van der Waals surface area contributed by atoms with Crippen molar-refractivity contribution in [2.24, 2.45) is 11.7 Å². The van der Waals surface area contributed by atoms with E-state index in [1.807, 2.05) is 18.2 Å². The first kappa shape index (κ1) is 15.1. The Morgan fingerprint density at radius 1 is 1.10 bits per heavy atom. The molecule has 1 aliphatic rings. The Morgan fingerprint density at radius 3 is 2.60 bits per heavy atom. The average Bonchev–Trinajstić information content (AvgIpc) is 2.44. The molecule has 0 spiro atoms. The number of halogens is 1. The maximum absolute atomic E-state index is 9.63. The monoisotopic (exact) mass is 333 g/mol. The maximum Gasteiger partial charge on any atom is 0.115 e. The summed E-state index contributed by atoms with van der Waals surface area (Å²) in [6.45, 7) is 0. The largest absolute Gasteiger partial charge is 0.508 e. The lowest BCUT2D eigenvalue weighted by molar-refractivity contribution is 0.374. The SMILES string of the molecule is Br.N[C@H]1c2cc(O)ccc2CCC1Cc1ccccc1. The predicted molar refractivity (Wildman–Crippen MR) is 87.3 cm³/mol. The summed E-state index contributed by atoms with van der Waals surface area (Å²) in [5, 5.41) is 9.63. The van der Waals surface area contributed by atoms with Crippen LogP contribution < -0.4 is 5.73 Å². The normalized spacial score (nSPS) is 20.9. The van der Waals surface area contributed by atoms with Gasteiger partial charge in [-0.15, -0.1) is 17.0 Å². The minimum atomic E-state index is 0. The van der Waals surface area contributed by atoms with Crippen molar-refractivity contribution < 1.29 is 5.11 Å². The fourth-order valence-corrected chi connectivity index (χ4v) is 3.04. The quantitative estimate of drug-likeness (QED) is 0.878. The lowest BCUT2D eigenvalue weighted by Crippen LogP contribution is -2.28. The van der Waals surface area contributed by atoms with E-state index < -0.39 is 0 Å². The van der Waals surface area contributed by atoms with Gasteiger partial charge in [-0.05, 0) is 54.0 Å². The predicted octanol–water partition coefficient (Wildman–Crippen LogP) is 3.78. The number of phenolic OH excluding ortho intramolecular Hbond substituents is 1. The standard InChI is InChI=1S/C17H19NO.BrH/c18-17-14(10-12-4-2-1-3-5-12)7-6-13-8-9-15(19)11-16(13)17;/h1-5,8-9,11,14,17,19H,6-7,10,18H2;1H/t14?,17-;/m1./s1. The van der Waals surface area contributed by atoms with Gasteiger partial charge in [0.25, 0.3) is 0 Å². The molecule has 3 heteroatoms. The topological polar surface area (TPSA) is 46.2 Å². The highest BCUT2D eigenvalue weighted by molar-refractivity contribution is 8.93. The Balaban J connectivity index is 0.00000147. The molecular formula is C17H20BrNO. The minimum Gasteiger partial charge on any atom is -0.508 e. The fraction of sp³-hybridized carbons (Fsp3) is 0.294. The summed E-state index contributed by atoms with van der Waals surface area (Å²) in [7, 11) is 0. The van der Waals surface area contributed by atoms with Crippen molar-refractivity contribution in [1.29, 1.82) is 0 Å². The summed E-state index contributed by atoms with van der Waals surface area (Å²) in [4.78, 5) is 0. The van der Waals surface area contributed by atoms with E-state index in [9.17, 15) is 5.11 Å². The van der Waals surface area contributed by atoms with Crippen LogP contribution in [0.2, 0.25) is 0 Å². The van der Waals surface area contributed by atoms with Crippen LogP contribution in [-0.2, 0) is 12.8 Å². The molecule has 2 nitrogen and oxygen atoms in total. The van der Waals surface area contributed by atoms with Gasteiger partial charge in [-0.3, -0.25) is 0 Å². The summed E-state index contributed by atoms with van der Waals surface area (Å²) < 4.78 is 0. The third-order valence-electron chi connectivity index (χ3n) is 4.12. The Kier molecular flexibility index (Phi) is 4.84. The summed E-state index contributed by atoms with van der Waals surface area (Å²) in [5.41, 5.74) is 10.1. The molecule has 0 saturated carbocycles. The van der Waals surface area contributed by atoms with Crippen LogP contribution in [0.1, 0.15) is 29.2 Å². The highest BCUT2D eigenvalue weighted by Gasteiger charge is 2.26. The second-order valence-electron chi connectivity index (χ2n) is 5.40. The van der Waals surface area contributed by atoms with Gasteiger partial charge >= 0.3 is 0 Å². The highest BCUT2D eigenvalue weighted by Crippen LogP contribution is 2.36. The Morgan fingerprint density at radius 2 is 1.85 bits per heavy atom. The van der Waals surface area contributed by atoms with Crippen LogP contribution >= 0.6 is 17.0 Å². The molecule has 0 fully saturated rings. The van der Waals surface area contributed by atoms with Gasteiger partial charge in [0.05, 0.1) is 0 Å². The van der Waals surface area contributed by atoms with Crippen molar-refractivity contribution in [3.8, 4) is 5.75 Å². The van der Waals surface area contributed by atoms with Crippen LogP contribution in [0.3, 0.4) is 0 Å². The minimum absolute atomic E-state index is 0. The zero-order valence-electron chi connectivity index (χ0n) is 11.3. The zero-order valence-corrected chi connectivity index (χ0v) is 13.0. The van der Waals surface area contributed by atoms with Crippen LogP contribution in [0.5, 0.6) is 5.75 Å². The van der Waals surface area contributed by atoms with E-state index in [-0.39, 0.29) is 23.0 Å². The lowest BCUT2D eigenvalue weighted by atomic mass is 9.77. The number of aromatic hydroxyl groups is 1. The molecule has 2 aromatic rings. The molecule has 0 amide bonds. The number of hydrogen-bond acceptors (Lipinski definition) is 2.